The van der Waals surface area contributed by atoms with Gasteiger partial charge in [-0.2, -0.15) is 10.5 Å². The van der Waals surface area contributed by atoms with Gasteiger partial charge in [-0.25, -0.2) is 0 Å². The molecule has 0 fully saturated rings. The molecule has 1 heterocycles. The third-order valence-electron chi connectivity index (χ3n) is 7.65. The van der Waals surface area contributed by atoms with E-state index in [1.165, 1.54) is 95.6 Å². The van der Waals surface area contributed by atoms with Crippen LogP contribution < -0.4 is 9.47 Å². The van der Waals surface area contributed by atoms with Crippen LogP contribution in [-0.2, 0) is 14.3 Å². The second-order valence-electron chi connectivity index (χ2n) is 11.1. The predicted octanol–water partition coefficient (Wildman–Crippen LogP) is 7.32. The summed E-state index contributed by atoms with van der Waals surface area (Å²) in [7, 11) is 0. The molecule has 234 valence electrons. The van der Waals surface area contributed by atoms with E-state index in [4.69, 9.17) is 18.9 Å². The Balaban J connectivity index is 1.60. The standard InChI is InChI=1S/C34H53N3O5/c1-2-3-4-5-6-7-8-9-10-11-12-13-14-15-16-17-34(38)37-18-20-39-22-24-41-32-26-30(28-35)31(29-36)27-33(32)42-25-23-40-21-19-37/h26-27H,2-25H2,1H3. The van der Waals surface area contributed by atoms with Crippen LogP contribution in [-0.4, -0.2) is 63.5 Å². The van der Waals surface area contributed by atoms with Crippen molar-refractivity contribution in [3.05, 3.63) is 23.3 Å². The lowest BCUT2D eigenvalue weighted by Crippen LogP contribution is -2.37. The summed E-state index contributed by atoms with van der Waals surface area (Å²) < 4.78 is 23.0. The van der Waals surface area contributed by atoms with Crippen molar-refractivity contribution in [1.29, 1.82) is 10.5 Å². The summed E-state index contributed by atoms with van der Waals surface area (Å²) in [5.74, 6) is 0.933. The summed E-state index contributed by atoms with van der Waals surface area (Å²) in [4.78, 5) is 14.7. The molecule has 8 nitrogen and oxygen atoms in total. The lowest BCUT2D eigenvalue weighted by molar-refractivity contribution is -0.133. The Labute approximate surface area is 254 Å². The van der Waals surface area contributed by atoms with E-state index < -0.39 is 0 Å². The SMILES string of the molecule is CCCCCCCCCCCCCCCCCC(=O)N1CCOCCOc2cc(C#N)c(C#N)cc2OCCOCC1. The van der Waals surface area contributed by atoms with Gasteiger partial charge in [0.1, 0.15) is 25.4 Å². The van der Waals surface area contributed by atoms with Gasteiger partial charge in [0.05, 0.1) is 37.6 Å². The van der Waals surface area contributed by atoms with Gasteiger partial charge in [-0.3, -0.25) is 4.79 Å². The summed E-state index contributed by atoms with van der Waals surface area (Å²) in [6, 6.07) is 7.07. The molecule has 0 saturated heterocycles. The van der Waals surface area contributed by atoms with Crippen LogP contribution in [0.1, 0.15) is 121 Å². The largest absolute Gasteiger partial charge is 0.487 e. The third kappa shape index (κ3) is 15.4. The van der Waals surface area contributed by atoms with E-state index in [1.807, 2.05) is 17.0 Å². The first kappa shape index (κ1) is 35.4. The van der Waals surface area contributed by atoms with E-state index in [0.717, 1.165) is 12.8 Å². The van der Waals surface area contributed by atoms with Crippen molar-refractivity contribution in [1.82, 2.24) is 4.90 Å². The first-order valence-electron chi connectivity index (χ1n) is 16.4. The molecule has 0 N–H and O–H groups in total. The van der Waals surface area contributed by atoms with Crippen molar-refractivity contribution in [2.75, 3.05) is 52.7 Å². The Morgan fingerprint density at radius 1 is 0.643 bits per heavy atom. The third-order valence-corrected chi connectivity index (χ3v) is 7.65. The van der Waals surface area contributed by atoms with Gasteiger partial charge in [-0.15, -0.1) is 0 Å². The Morgan fingerprint density at radius 3 is 1.45 bits per heavy atom. The summed E-state index contributed by atoms with van der Waals surface area (Å²) in [6.07, 6.45) is 20.2. The number of nitriles is 2. The lowest BCUT2D eigenvalue weighted by Gasteiger charge is -2.22. The molecule has 0 saturated carbocycles. The molecule has 42 heavy (non-hydrogen) atoms. The van der Waals surface area contributed by atoms with Gasteiger partial charge in [0.2, 0.25) is 5.91 Å². The number of fused-ring (bicyclic) bond motifs is 1. The zero-order chi connectivity index (χ0) is 30.1. The maximum Gasteiger partial charge on any atom is 0.222 e. The van der Waals surface area contributed by atoms with Gasteiger partial charge in [0.15, 0.2) is 11.5 Å². The Bertz CT molecular complexity index is 903. The smallest absolute Gasteiger partial charge is 0.222 e. The maximum absolute atomic E-state index is 12.9. The number of carbonyl (C=O) groups excluding carboxylic acids is 1. The molecule has 0 atom stereocenters. The fourth-order valence-corrected chi connectivity index (χ4v) is 5.11. The van der Waals surface area contributed by atoms with Gasteiger partial charge in [-0.05, 0) is 6.42 Å². The van der Waals surface area contributed by atoms with Crippen LogP contribution in [0.15, 0.2) is 12.1 Å². The highest BCUT2D eigenvalue weighted by Gasteiger charge is 2.15. The Morgan fingerprint density at radius 2 is 1.05 bits per heavy atom. The predicted molar refractivity (Wildman–Crippen MR) is 165 cm³/mol. The Kier molecular flexibility index (Phi) is 20.0. The van der Waals surface area contributed by atoms with Crippen LogP contribution in [0.3, 0.4) is 0 Å². The minimum atomic E-state index is 0.147. The molecule has 1 aliphatic heterocycles. The maximum atomic E-state index is 12.9. The number of benzene rings is 1. The second-order valence-corrected chi connectivity index (χ2v) is 11.1. The summed E-state index contributed by atoms with van der Waals surface area (Å²) in [5, 5.41) is 18.6. The first-order valence-corrected chi connectivity index (χ1v) is 16.4. The van der Waals surface area contributed by atoms with Crippen LogP contribution in [0.5, 0.6) is 11.5 Å². The monoisotopic (exact) mass is 583 g/mol. The molecular formula is C34H53N3O5. The number of hydrogen-bond donors (Lipinski definition) is 0. The number of ether oxygens (including phenoxy) is 4. The molecular weight excluding hydrogens is 530 g/mol. The van der Waals surface area contributed by atoms with Crippen LogP contribution in [0.4, 0.5) is 0 Å². The molecule has 0 bridgehead atoms. The molecule has 0 unspecified atom stereocenters. The van der Waals surface area contributed by atoms with E-state index in [1.54, 1.807) is 0 Å². The summed E-state index contributed by atoms with van der Waals surface area (Å²) in [6.45, 7) is 5.30. The second kappa shape index (κ2) is 23.7. The number of hydrogen-bond acceptors (Lipinski definition) is 7. The molecule has 0 spiro atoms. The zero-order valence-electron chi connectivity index (χ0n) is 26.0. The van der Waals surface area contributed by atoms with Crippen molar-refractivity contribution >= 4 is 5.91 Å². The van der Waals surface area contributed by atoms with Crippen LogP contribution >= 0.6 is 0 Å². The minimum absolute atomic E-state index is 0.147. The molecule has 1 aliphatic rings. The molecule has 2 rings (SSSR count). The molecule has 1 aromatic carbocycles. The van der Waals surface area contributed by atoms with Gasteiger partial charge < -0.3 is 23.8 Å². The first-order chi connectivity index (χ1) is 20.7. The average molecular weight is 584 g/mol. The number of rotatable bonds is 16. The normalized spacial score (nSPS) is 14.8. The topological polar surface area (TPSA) is 105 Å². The van der Waals surface area contributed by atoms with Gasteiger partial charge in [0.25, 0.3) is 0 Å². The van der Waals surface area contributed by atoms with E-state index in [-0.39, 0.29) is 30.2 Å². The van der Waals surface area contributed by atoms with Crippen molar-refractivity contribution in [3.8, 4) is 23.6 Å². The molecule has 1 aromatic rings. The van der Waals surface area contributed by atoms with Crippen molar-refractivity contribution in [3.63, 3.8) is 0 Å². The van der Waals surface area contributed by atoms with Crippen LogP contribution in [0.25, 0.3) is 0 Å². The molecule has 0 aliphatic carbocycles. The van der Waals surface area contributed by atoms with Crippen LogP contribution in [0.2, 0.25) is 0 Å². The molecule has 0 aromatic heterocycles. The summed E-state index contributed by atoms with van der Waals surface area (Å²) >= 11 is 0. The fraction of sp³-hybridized carbons (Fsp3) is 0.735. The van der Waals surface area contributed by atoms with Crippen LogP contribution in [0, 0.1) is 22.7 Å². The minimum Gasteiger partial charge on any atom is -0.487 e. The zero-order valence-corrected chi connectivity index (χ0v) is 26.0. The highest BCUT2D eigenvalue weighted by atomic mass is 16.6. The molecule has 8 heteroatoms. The Hall–Kier alpha value is -2.81. The van der Waals surface area contributed by atoms with Crippen molar-refractivity contribution in [2.24, 2.45) is 0 Å². The quantitative estimate of drug-likeness (QED) is 0.188. The van der Waals surface area contributed by atoms with Crippen molar-refractivity contribution < 1.29 is 23.7 Å². The summed E-state index contributed by atoms with van der Waals surface area (Å²) in [5.41, 5.74) is 0.469. The van der Waals surface area contributed by atoms with E-state index >= 15 is 0 Å². The lowest BCUT2D eigenvalue weighted by atomic mass is 10.0. The average Bonchev–Trinajstić information content (AvgIpc) is 3.01. The molecule has 0 radical (unpaired) electrons. The number of carbonyl (C=O) groups is 1. The number of nitrogens with zero attached hydrogens (tertiary/aromatic N) is 3. The van der Waals surface area contributed by atoms with Gasteiger partial charge in [-0.1, -0.05) is 96.8 Å². The van der Waals surface area contributed by atoms with E-state index in [9.17, 15) is 15.3 Å². The highest BCUT2D eigenvalue weighted by Crippen LogP contribution is 2.31. The fourth-order valence-electron chi connectivity index (χ4n) is 5.11. The van der Waals surface area contributed by atoms with Crippen molar-refractivity contribution in [2.45, 2.75) is 110 Å². The van der Waals surface area contributed by atoms with E-state index in [2.05, 4.69) is 6.92 Å². The molecule has 1 amide bonds. The number of amides is 1. The number of unbranched alkanes of at least 4 members (excludes halogenated alkanes) is 14. The highest BCUT2D eigenvalue weighted by molar-refractivity contribution is 5.76. The van der Waals surface area contributed by atoms with Gasteiger partial charge in [0, 0.05) is 31.6 Å². The van der Waals surface area contributed by atoms with Gasteiger partial charge >= 0.3 is 0 Å². The van der Waals surface area contributed by atoms with E-state index in [0.29, 0.717) is 57.4 Å².